The molecule has 1 aromatic carbocycles. The highest BCUT2D eigenvalue weighted by Gasteiger charge is 2.08. The molecule has 20 heavy (non-hydrogen) atoms. The van der Waals surface area contributed by atoms with Gasteiger partial charge in [0.05, 0.1) is 4.92 Å². The molecule has 0 saturated carbocycles. The van der Waals surface area contributed by atoms with E-state index in [9.17, 15) is 10.1 Å². The van der Waals surface area contributed by atoms with Crippen LogP contribution in [0.1, 0.15) is 6.92 Å². The van der Waals surface area contributed by atoms with Gasteiger partial charge in [-0.15, -0.1) is 0 Å². The Hall–Kier alpha value is -2.48. The van der Waals surface area contributed by atoms with E-state index in [4.69, 9.17) is 11.6 Å². The molecule has 0 aliphatic carbocycles. The molecule has 2 rings (SSSR count). The lowest BCUT2D eigenvalue weighted by molar-refractivity contribution is -0.384. The fourth-order valence-electron chi connectivity index (χ4n) is 1.47. The van der Waals surface area contributed by atoms with Gasteiger partial charge in [-0.2, -0.15) is 15.0 Å². The molecule has 0 unspecified atom stereocenters. The zero-order valence-electron chi connectivity index (χ0n) is 10.5. The summed E-state index contributed by atoms with van der Waals surface area (Å²) < 4.78 is 0. The summed E-state index contributed by atoms with van der Waals surface area (Å²) in [5, 5.41) is 16.5. The number of nitrogens with one attached hydrogen (secondary N) is 2. The number of nitrogens with zero attached hydrogens (tertiary/aromatic N) is 4. The molecule has 2 aromatic rings. The van der Waals surface area contributed by atoms with Crippen LogP contribution in [0.4, 0.5) is 23.3 Å². The second-order valence-corrected chi connectivity index (χ2v) is 4.05. The van der Waals surface area contributed by atoms with Gasteiger partial charge in [0.1, 0.15) is 0 Å². The van der Waals surface area contributed by atoms with Crippen molar-refractivity contribution in [2.75, 3.05) is 17.2 Å². The first kappa shape index (κ1) is 13.9. The van der Waals surface area contributed by atoms with Crippen molar-refractivity contribution in [3.8, 4) is 0 Å². The average Bonchev–Trinajstić information content (AvgIpc) is 2.38. The highest BCUT2D eigenvalue weighted by Crippen LogP contribution is 2.20. The van der Waals surface area contributed by atoms with Crippen molar-refractivity contribution < 1.29 is 4.92 Å². The Balaban J connectivity index is 2.25. The van der Waals surface area contributed by atoms with E-state index < -0.39 is 4.92 Å². The van der Waals surface area contributed by atoms with Crippen LogP contribution in [0.15, 0.2) is 24.3 Å². The Morgan fingerprint density at radius 3 is 2.75 bits per heavy atom. The highest BCUT2D eigenvalue weighted by atomic mass is 35.5. The molecule has 1 aromatic heterocycles. The quantitative estimate of drug-likeness (QED) is 0.645. The van der Waals surface area contributed by atoms with Gasteiger partial charge >= 0.3 is 0 Å². The van der Waals surface area contributed by atoms with Gasteiger partial charge in [-0.3, -0.25) is 10.1 Å². The molecule has 0 saturated heterocycles. The molecule has 104 valence electrons. The van der Waals surface area contributed by atoms with E-state index in [1.165, 1.54) is 12.1 Å². The molecule has 0 bridgehead atoms. The first-order chi connectivity index (χ1) is 9.58. The maximum Gasteiger partial charge on any atom is 0.271 e. The zero-order valence-corrected chi connectivity index (χ0v) is 11.3. The summed E-state index contributed by atoms with van der Waals surface area (Å²) in [6.45, 7) is 2.53. The van der Waals surface area contributed by atoms with Crippen molar-refractivity contribution in [2.45, 2.75) is 6.92 Å². The minimum Gasteiger partial charge on any atom is -0.354 e. The summed E-state index contributed by atoms with van der Waals surface area (Å²) in [7, 11) is 0. The number of nitro benzene ring substituents is 1. The van der Waals surface area contributed by atoms with Crippen molar-refractivity contribution in [3.05, 3.63) is 39.7 Å². The number of nitro groups is 1. The highest BCUT2D eigenvalue weighted by molar-refractivity contribution is 6.28. The Morgan fingerprint density at radius 1 is 1.30 bits per heavy atom. The van der Waals surface area contributed by atoms with Crippen LogP contribution in [0.5, 0.6) is 0 Å². The number of aromatic nitrogens is 3. The number of non-ortho nitro benzene ring substituents is 1. The first-order valence-electron chi connectivity index (χ1n) is 5.75. The topological polar surface area (TPSA) is 106 Å². The standard InChI is InChI=1S/C11H11ClN6O2/c1-2-13-10-15-9(12)16-11(17-10)14-7-4-3-5-8(6-7)18(19)20/h3-6H,2H2,1H3,(H2,13,14,15,16,17). The summed E-state index contributed by atoms with van der Waals surface area (Å²) in [5.74, 6) is 0.543. The summed E-state index contributed by atoms with van der Waals surface area (Å²) in [6.07, 6.45) is 0. The smallest absolute Gasteiger partial charge is 0.271 e. The summed E-state index contributed by atoms with van der Waals surface area (Å²) >= 11 is 5.78. The van der Waals surface area contributed by atoms with Crippen molar-refractivity contribution in [2.24, 2.45) is 0 Å². The third-order valence-electron chi connectivity index (χ3n) is 2.26. The number of benzene rings is 1. The number of rotatable bonds is 5. The van der Waals surface area contributed by atoms with Crippen molar-refractivity contribution in [1.29, 1.82) is 0 Å². The zero-order chi connectivity index (χ0) is 14.5. The molecule has 0 aliphatic rings. The fourth-order valence-corrected chi connectivity index (χ4v) is 1.63. The predicted octanol–water partition coefficient (Wildman–Crippen LogP) is 2.61. The molecule has 9 heteroatoms. The van der Waals surface area contributed by atoms with Crippen LogP contribution in [0.2, 0.25) is 5.28 Å². The third kappa shape index (κ3) is 3.51. The van der Waals surface area contributed by atoms with Gasteiger partial charge in [0.15, 0.2) is 0 Å². The van der Waals surface area contributed by atoms with E-state index in [0.717, 1.165) is 0 Å². The molecule has 0 spiro atoms. The Morgan fingerprint density at radius 2 is 2.05 bits per heavy atom. The second kappa shape index (κ2) is 6.11. The van der Waals surface area contributed by atoms with Crippen molar-refractivity contribution in [1.82, 2.24) is 15.0 Å². The number of anilines is 3. The lowest BCUT2D eigenvalue weighted by atomic mass is 10.3. The van der Waals surface area contributed by atoms with E-state index in [1.807, 2.05) is 6.92 Å². The molecule has 0 fully saturated rings. The van der Waals surface area contributed by atoms with E-state index in [-0.39, 0.29) is 16.9 Å². The Bertz CT molecular complexity index is 636. The van der Waals surface area contributed by atoms with E-state index in [1.54, 1.807) is 12.1 Å². The number of halogens is 1. The maximum atomic E-state index is 10.7. The lowest BCUT2D eigenvalue weighted by Crippen LogP contribution is -2.06. The first-order valence-corrected chi connectivity index (χ1v) is 6.13. The second-order valence-electron chi connectivity index (χ2n) is 3.71. The molecule has 0 aliphatic heterocycles. The van der Waals surface area contributed by atoms with Crippen LogP contribution in [0.3, 0.4) is 0 Å². The van der Waals surface area contributed by atoms with E-state index >= 15 is 0 Å². The van der Waals surface area contributed by atoms with Gasteiger partial charge in [-0.05, 0) is 24.6 Å². The van der Waals surface area contributed by atoms with Crippen LogP contribution in [-0.4, -0.2) is 26.4 Å². The van der Waals surface area contributed by atoms with Crippen molar-refractivity contribution in [3.63, 3.8) is 0 Å². The Kier molecular flexibility index (Phi) is 4.26. The van der Waals surface area contributed by atoms with Crippen LogP contribution >= 0.6 is 11.6 Å². The third-order valence-corrected chi connectivity index (χ3v) is 2.43. The summed E-state index contributed by atoms with van der Waals surface area (Å²) in [5.41, 5.74) is 0.464. The predicted molar refractivity (Wildman–Crippen MR) is 75.4 cm³/mol. The number of hydrogen-bond acceptors (Lipinski definition) is 7. The van der Waals surface area contributed by atoms with E-state index in [2.05, 4.69) is 25.6 Å². The molecule has 0 amide bonds. The van der Waals surface area contributed by atoms with Gasteiger partial charge in [0, 0.05) is 24.4 Å². The fraction of sp³-hybridized carbons (Fsp3) is 0.182. The largest absolute Gasteiger partial charge is 0.354 e. The molecule has 1 heterocycles. The van der Waals surface area contributed by atoms with Gasteiger partial charge in [0.25, 0.3) is 5.69 Å². The Labute approximate surface area is 119 Å². The maximum absolute atomic E-state index is 10.7. The normalized spacial score (nSPS) is 10.1. The minimum atomic E-state index is -0.477. The van der Waals surface area contributed by atoms with Gasteiger partial charge < -0.3 is 10.6 Å². The lowest BCUT2D eigenvalue weighted by Gasteiger charge is -2.07. The summed E-state index contributed by atoms with van der Waals surface area (Å²) in [6, 6.07) is 6.01. The van der Waals surface area contributed by atoms with Gasteiger partial charge in [-0.1, -0.05) is 6.07 Å². The SMILES string of the molecule is CCNc1nc(Cl)nc(Nc2cccc([N+](=O)[O-])c2)n1. The molecule has 0 atom stereocenters. The molecular weight excluding hydrogens is 284 g/mol. The molecular formula is C11H11ClN6O2. The monoisotopic (exact) mass is 294 g/mol. The van der Waals surface area contributed by atoms with Crippen LogP contribution in [0, 0.1) is 10.1 Å². The van der Waals surface area contributed by atoms with Crippen LogP contribution in [0.25, 0.3) is 0 Å². The van der Waals surface area contributed by atoms with Gasteiger partial charge in [0.2, 0.25) is 17.2 Å². The molecule has 8 nitrogen and oxygen atoms in total. The van der Waals surface area contributed by atoms with Gasteiger partial charge in [-0.25, -0.2) is 0 Å². The average molecular weight is 295 g/mol. The van der Waals surface area contributed by atoms with E-state index in [0.29, 0.717) is 18.2 Å². The minimum absolute atomic E-state index is 0.0259. The van der Waals surface area contributed by atoms with Crippen LogP contribution in [-0.2, 0) is 0 Å². The summed E-state index contributed by atoms with van der Waals surface area (Å²) in [4.78, 5) is 22.1. The number of hydrogen-bond donors (Lipinski definition) is 2. The molecule has 0 radical (unpaired) electrons. The van der Waals surface area contributed by atoms with Crippen molar-refractivity contribution >= 4 is 34.9 Å². The molecule has 2 N–H and O–H groups in total. The van der Waals surface area contributed by atoms with Crippen LogP contribution < -0.4 is 10.6 Å².